The maximum atomic E-state index is 5.29. The van der Waals surface area contributed by atoms with Crippen molar-refractivity contribution in [2.24, 2.45) is 0 Å². The summed E-state index contributed by atoms with van der Waals surface area (Å²) in [5.74, 6) is 0. The van der Waals surface area contributed by atoms with Crippen LogP contribution in [-0.2, 0) is 18.1 Å². The van der Waals surface area contributed by atoms with Crippen LogP contribution in [0.2, 0.25) is 0 Å². The van der Waals surface area contributed by atoms with Gasteiger partial charge in [-0.3, -0.25) is 0 Å². The summed E-state index contributed by atoms with van der Waals surface area (Å²) in [5, 5.41) is 0. The molecule has 0 aliphatic rings. The molecule has 0 N–H and O–H groups in total. The Bertz CT molecular complexity index is 609. The Kier molecular flexibility index (Phi) is 5.37. The van der Waals surface area contributed by atoms with Crippen molar-refractivity contribution in [3.8, 4) is 0 Å². The molecule has 0 aromatic heterocycles. The highest BCUT2D eigenvalue weighted by Gasteiger charge is 2.29. The van der Waals surface area contributed by atoms with Crippen LogP contribution in [0.4, 0.5) is 0 Å². The Labute approximate surface area is 145 Å². The average Bonchev–Trinajstić information content (AvgIpc) is 2.57. The standard InChI is InChI=1S/C21H22SSi/c22-23(16-19-10-4-1-5-11-19,17-20-12-6-2-7-13-20)18-21-14-8-3-9-15-21/h1-15,22H,16-18H2. The second kappa shape index (κ2) is 7.67. The molecule has 0 nitrogen and oxygen atoms in total. The Morgan fingerprint density at radius 3 is 1.00 bits per heavy atom. The van der Waals surface area contributed by atoms with Crippen LogP contribution in [0.3, 0.4) is 0 Å². The number of thiol groups is 1. The van der Waals surface area contributed by atoms with E-state index >= 15 is 0 Å². The van der Waals surface area contributed by atoms with Crippen LogP contribution in [-0.4, -0.2) is 7.22 Å². The topological polar surface area (TPSA) is 0 Å². The van der Waals surface area contributed by atoms with E-state index in [-0.39, 0.29) is 0 Å². The normalized spacial score (nSPS) is 11.3. The Morgan fingerprint density at radius 1 is 0.478 bits per heavy atom. The molecular weight excluding hydrogens is 312 g/mol. The largest absolute Gasteiger partial charge is 0.201 e. The maximum Gasteiger partial charge on any atom is 0.126 e. The first-order valence-electron chi connectivity index (χ1n) is 8.08. The molecule has 3 aromatic rings. The van der Waals surface area contributed by atoms with Crippen molar-refractivity contribution in [2.45, 2.75) is 18.1 Å². The molecule has 0 bridgehead atoms. The highest BCUT2D eigenvalue weighted by atomic mass is 32.3. The summed E-state index contributed by atoms with van der Waals surface area (Å²) in [6.07, 6.45) is 0. The van der Waals surface area contributed by atoms with Crippen molar-refractivity contribution >= 4 is 19.3 Å². The highest BCUT2D eigenvalue weighted by molar-refractivity contribution is 8.14. The summed E-state index contributed by atoms with van der Waals surface area (Å²) in [7, 11) is -1.78. The van der Waals surface area contributed by atoms with Gasteiger partial charge in [-0.15, -0.1) is 0 Å². The summed E-state index contributed by atoms with van der Waals surface area (Å²) in [6.45, 7) is 0. The van der Waals surface area contributed by atoms with Gasteiger partial charge in [0.1, 0.15) is 7.22 Å². The quantitative estimate of drug-likeness (QED) is 0.464. The lowest BCUT2D eigenvalue weighted by Crippen LogP contribution is -2.38. The fraction of sp³-hybridized carbons (Fsp3) is 0.143. The van der Waals surface area contributed by atoms with Crippen LogP contribution in [0.5, 0.6) is 0 Å². The van der Waals surface area contributed by atoms with E-state index in [0.717, 1.165) is 18.1 Å². The Morgan fingerprint density at radius 2 is 0.739 bits per heavy atom. The first-order valence-corrected chi connectivity index (χ1v) is 12.0. The van der Waals surface area contributed by atoms with Crippen molar-refractivity contribution < 1.29 is 0 Å². The maximum absolute atomic E-state index is 5.29. The molecule has 0 aliphatic heterocycles. The lowest BCUT2D eigenvalue weighted by molar-refractivity contribution is 1.18. The van der Waals surface area contributed by atoms with E-state index in [0.29, 0.717) is 0 Å². The summed E-state index contributed by atoms with van der Waals surface area (Å²) >= 11 is 5.29. The van der Waals surface area contributed by atoms with Crippen LogP contribution in [0.1, 0.15) is 16.7 Å². The van der Waals surface area contributed by atoms with Crippen LogP contribution < -0.4 is 0 Å². The average molecular weight is 335 g/mol. The summed E-state index contributed by atoms with van der Waals surface area (Å²) < 4.78 is 0. The lowest BCUT2D eigenvalue weighted by atomic mass is 10.2. The molecule has 3 rings (SSSR count). The molecule has 0 unspecified atom stereocenters. The highest BCUT2D eigenvalue weighted by Crippen LogP contribution is 2.25. The summed E-state index contributed by atoms with van der Waals surface area (Å²) in [6, 6.07) is 35.7. The van der Waals surface area contributed by atoms with E-state index in [4.69, 9.17) is 12.1 Å². The summed E-state index contributed by atoms with van der Waals surface area (Å²) in [4.78, 5) is 0. The van der Waals surface area contributed by atoms with Crippen LogP contribution in [0.15, 0.2) is 91.0 Å². The number of hydrogen-bond acceptors (Lipinski definition) is 1. The molecular formula is C21H22SSi. The van der Waals surface area contributed by atoms with E-state index < -0.39 is 7.22 Å². The zero-order valence-electron chi connectivity index (χ0n) is 13.2. The van der Waals surface area contributed by atoms with Crippen LogP contribution in [0, 0.1) is 0 Å². The molecule has 0 spiro atoms. The number of rotatable bonds is 6. The molecule has 0 amide bonds. The monoisotopic (exact) mass is 334 g/mol. The molecule has 3 aromatic carbocycles. The molecule has 116 valence electrons. The predicted molar refractivity (Wildman–Crippen MR) is 105 cm³/mol. The Balaban J connectivity index is 1.85. The van der Waals surface area contributed by atoms with E-state index in [9.17, 15) is 0 Å². The smallest absolute Gasteiger partial charge is 0.126 e. The van der Waals surface area contributed by atoms with E-state index in [1.807, 2.05) is 0 Å². The third kappa shape index (κ3) is 4.85. The lowest BCUT2D eigenvalue weighted by Gasteiger charge is -2.27. The fourth-order valence-corrected chi connectivity index (χ4v) is 8.12. The van der Waals surface area contributed by atoms with Gasteiger partial charge in [-0.1, -0.05) is 91.0 Å². The van der Waals surface area contributed by atoms with Crippen LogP contribution in [0.25, 0.3) is 0 Å². The molecule has 0 heterocycles. The van der Waals surface area contributed by atoms with Gasteiger partial charge in [-0.05, 0) is 34.8 Å². The first kappa shape index (κ1) is 16.1. The van der Waals surface area contributed by atoms with Gasteiger partial charge in [-0.25, -0.2) is 12.1 Å². The predicted octanol–water partition coefficient (Wildman–Crippen LogP) is 5.21. The second-order valence-corrected chi connectivity index (χ2v) is 12.6. The molecule has 0 atom stereocenters. The second-order valence-electron chi connectivity index (χ2n) is 6.21. The zero-order chi connectivity index (χ0) is 16.0. The molecule has 0 radical (unpaired) electrons. The van der Waals surface area contributed by atoms with Gasteiger partial charge in [0, 0.05) is 0 Å². The summed E-state index contributed by atoms with van der Waals surface area (Å²) in [5.41, 5.74) is 4.21. The minimum Gasteiger partial charge on any atom is -0.201 e. The van der Waals surface area contributed by atoms with Gasteiger partial charge in [0.25, 0.3) is 0 Å². The number of benzene rings is 3. The van der Waals surface area contributed by atoms with Gasteiger partial charge in [0.05, 0.1) is 0 Å². The molecule has 23 heavy (non-hydrogen) atoms. The molecule has 0 fully saturated rings. The third-order valence-electron chi connectivity index (χ3n) is 4.13. The molecule has 2 heteroatoms. The van der Waals surface area contributed by atoms with E-state index in [1.54, 1.807) is 0 Å². The van der Waals surface area contributed by atoms with Crippen molar-refractivity contribution in [3.05, 3.63) is 108 Å². The molecule has 0 saturated heterocycles. The van der Waals surface area contributed by atoms with Gasteiger partial charge >= 0.3 is 0 Å². The van der Waals surface area contributed by atoms with Gasteiger partial charge < -0.3 is 0 Å². The van der Waals surface area contributed by atoms with Crippen molar-refractivity contribution in [3.63, 3.8) is 0 Å². The molecule has 0 saturated carbocycles. The van der Waals surface area contributed by atoms with Crippen LogP contribution >= 0.6 is 12.1 Å². The van der Waals surface area contributed by atoms with Gasteiger partial charge in [-0.2, -0.15) is 0 Å². The first-order chi connectivity index (χ1) is 11.2. The SMILES string of the molecule is S[Si](Cc1ccccc1)(Cc1ccccc1)Cc1ccccc1. The van der Waals surface area contributed by atoms with Crippen molar-refractivity contribution in [2.75, 3.05) is 0 Å². The minimum atomic E-state index is -1.78. The van der Waals surface area contributed by atoms with Crippen molar-refractivity contribution in [1.82, 2.24) is 0 Å². The van der Waals surface area contributed by atoms with E-state index in [2.05, 4.69) is 91.0 Å². The van der Waals surface area contributed by atoms with Gasteiger partial charge in [0.15, 0.2) is 0 Å². The van der Waals surface area contributed by atoms with E-state index in [1.165, 1.54) is 16.7 Å². The molecule has 0 aliphatic carbocycles. The van der Waals surface area contributed by atoms with Crippen molar-refractivity contribution in [1.29, 1.82) is 0 Å². The zero-order valence-corrected chi connectivity index (χ0v) is 15.1. The fourth-order valence-electron chi connectivity index (χ4n) is 3.11. The third-order valence-corrected chi connectivity index (χ3v) is 8.75. The van der Waals surface area contributed by atoms with Gasteiger partial charge in [0.2, 0.25) is 0 Å². The number of hydrogen-bond donors (Lipinski definition) is 1. The minimum absolute atomic E-state index is 1.10. The Hall–Kier alpha value is -1.77.